The number of carbonyl (C=O) groups excluding carboxylic acids is 8. The van der Waals surface area contributed by atoms with E-state index in [1.807, 2.05) is 51.1 Å². The SMILES string of the molecule is C.CC(=O)c1ccc(Br)c(F)c1.CCOC(OCC)C(=O)c1ccc(Br)c(F)c1.CCOC(OCC)OCC.CNOC.CON(C)C(=O)c1ccc(Br)c(F)c1.NN=C(N)N.Nc1ncc(-c2ccc(Br)c(F)c2)nn1.O=C(Cl)c1ccc(Br)c(F)c1.O=C(O)c1ccc(Br)c(F)c1.O=C1CCC(=O)N1C(O)C(Cl)Cc1ccc2ncccc2c1.O=CC(=O)c1ccc(Br)c(F)c1.[CH3-].[Cl-].[Mg+2]. The Hall–Kier alpha value is -8.37. The van der Waals surface area contributed by atoms with E-state index in [1.54, 1.807) is 52.4 Å². The number of pyridine rings is 1. The number of aromatic carboxylic acids is 1. The molecule has 1 aliphatic heterocycles. The number of hydrogen-bond acceptors (Lipinski definition) is 25. The Balaban J connectivity index is -0.000000717. The molecule has 8 aromatic carbocycles. The second kappa shape index (κ2) is 73.7. The number of carboxylic acid groups (broad SMARTS) is 1. The van der Waals surface area contributed by atoms with Gasteiger partial charge in [-0.2, -0.15) is 0 Å². The number of aromatic nitrogens is 4. The van der Waals surface area contributed by atoms with Crippen molar-refractivity contribution in [2.75, 3.05) is 67.1 Å². The molecule has 1 fully saturated rings. The van der Waals surface area contributed by atoms with Crippen LogP contribution in [0, 0.1) is 48.1 Å². The number of Topliss-reactive ketones (excluding diaryl/α,β-unsaturated/α-hetero) is 3. The molecular formula is C88H97Br7Cl3F7MgN12O18. The number of likely N-dealkylation sites (tertiary alicyclic amines) is 1. The van der Waals surface area contributed by atoms with Crippen LogP contribution in [0.2, 0.25) is 0 Å². The number of hydrazone groups is 1. The number of hydrogen-bond donors (Lipinski definition) is 7. The Morgan fingerprint density at radius 2 is 0.971 bits per heavy atom. The van der Waals surface area contributed by atoms with Crippen molar-refractivity contribution in [1.82, 2.24) is 35.6 Å². The van der Waals surface area contributed by atoms with Gasteiger partial charge in [0.15, 0.2) is 18.3 Å². The van der Waals surface area contributed by atoms with E-state index in [0.717, 1.165) is 56.8 Å². The first-order chi connectivity index (χ1) is 62.4. The summed E-state index contributed by atoms with van der Waals surface area (Å²) in [5.74, 6) is -2.29. The number of benzene rings is 8. The summed E-state index contributed by atoms with van der Waals surface area (Å²) < 4.78 is 118. The molecule has 738 valence electrons. The summed E-state index contributed by atoms with van der Waals surface area (Å²) >= 11 is 32.2. The Labute approximate surface area is 872 Å². The number of fused-ring (bicyclic) bond motifs is 1. The molecule has 2 aromatic heterocycles. The van der Waals surface area contributed by atoms with Gasteiger partial charge in [-0.15, -0.1) is 26.9 Å². The van der Waals surface area contributed by atoms with E-state index in [9.17, 15) is 79.0 Å². The number of nitrogens with two attached hydrogens (primary N) is 4. The topological polar surface area (TPSA) is 445 Å². The summed E-state index contributed by atoms with van der Waals surface area (Å²) in [7, 11) is 6.11. The fourth-order valence-electron chi connectivity index (χ4n) is 9.12. The number of aldehydes is 1. The van der Waals surface area contributed by atoms with Crippen molar-refractivity contribution in [3.8, 4) is 11.3 Å². The van der Waals surface area contributed by atoms with Crippen LogP contribution in [0.15, 0.2) is 207 Å². The summed E-state index contributed by atoms with van der Waals surface area (Å²) in [6, 6.07) is 38.2. The number of nitrogens with zero attached hydrogens (tertiary/aromatic N) is 7. The molecule has 0 spiro atoms. The summed E-state index contributed by atoms with van der Waals surface area (Å²) in [5.41, 5.74) is 21.0. The molecule has 0 radical (unpaired) electrons. The van der Waals surface area contributed by atoms with Gasteiger partial charge in [0.25, 0.3) is 17.6 Å². The number of nitrogen functional groups attached to an aromatic ring is 1. The molecule has 11 rings (SSSR count). The van der Waals surface area contributed by atoms with E-state index in [-0.39, 0.29) is 153 Å². The molecule has 1 aliphatic rings. The number of ketones is 3. The maximum atomic E-state index is 13.3. The molecule has 2 unspecified atom stereocenters. The minimum atomic E-state index is -1.30. The van der Waals surface area contributed by atoms with E-state index in [2.05, 4.69) is 158 Å². The van der Waals surface area contributed by atoms with Crippen LogP contribution in [0.3, 0.4) is 0 Å². The van der Waals surface area contributed by atoms with Gasteiger partial charge in [-0.25, -0.2) is 51.1 Å². The Bertz CT molecular complexity index is 5270. The second-order valence-electron chi connectivity index (χ2n) is 24.8. The molecule has 11 N–H and O–H groups in total. The molecule has 0 saturated carbocycles. The zero-order valence-electron chi connectivity index (χ0n) is 73.7. The molecule has 3 amide bonds. The molecule has 136 heavy (non-hydrogen) atoms. The maximum absolute atomic E-state index is 13.3. The van der Waals surface area contributed by atoms with Crippen LogP contribution in [-0.2, 0) is 54.2 Å². The minimum absolute atomic E-state index is 0. The van der Waals surface area contributed by atoms with Crippen LogP contribution in [-0.4, -0.2) is 208 Å². The smallest absolute Gasteiger partial charge is 1.00 e. The third kappa shape index (κ3) is 51.0. The minimum Gasteiger partial charge on any atom is -1.00 e. The van der Waals surface area contributed by atoms with Gasteiger partial charge in [-0.3, -0.25) is 53.1 Å². The van der Waals surface area contributed by atoms with Gasteiger partial charge in [0.05, 0.1) is 68.2 Å². The number of halogens is 17. The molecule has 0 bridgehead atoms. The third-order valence-corrected chi connectivity index (χ3v) is 20.7. The van der Waals surface area contributed by atoms with Crippen LogP contribution < -0.4 is 40.9 Å². The number of anilines is 1. The largest absolute Gasteiger partial charge is 2.00 e. The number of aliphatic hydroxyl groups excluding tert-OH is 1. The standard InChI is InChI=1S/C16H15ClN2O3.C12H14BrFO3.C9H6BrFN4.C9H9BrFNO2.C8H4BrFO2.C8H6BrFO.C7H3BrClFO.C7H4BrFO2.C7H16O3.C2H7NO.CH6N4.CH4.CH3.ClH.Mg/c17-12(16(22)19-14(20)5-6-15(19)21)9-10-3-4-13-11(8-10)2-1-7-18-13;1-3-16-12(17-4-2)11(15)8-5-6-9(13)10(14)7-8;10-6-2-1-5(3-7(6)11)8-4-13-9(12)15-14-8;1-12(14-2)9(13)6-3-4-7(10)8(11)5-6;9-6-2-1-5(3-7(6)10)8(12)4-11;1-5(11)6-2-3-7(9)8(10)4-6;8-5-2-1-4(7(9)11)3-6(5)10;8-5-2-1-4(7(10)11)3-6(5)9;1-4-8-7(9-5-2)10-6-3;1-3-4-2;2-1(3)5-4;;;;/h1-4,7-8,12,16,22H,5-6,9H2;5-7,12H,3-4H2,1-2H3;1-4H,(H2,12,13,15);3-5H,1-2H3;1-4H;2-4H,1H3;1-3H;1-3H,(H,10,11);7H,4-6H2,1-3H3;3H,1-2H3;4H2,(H4,2,3,5);1H4;1H3;1H;/q;;;;;;;;;;;;-1;;+2/p-1. The molecular weight excluding hydrogens is 2340 g/mol. The van der Waals surface area contributed by atoms with Gasteiger partial charge in [-0.05, 0) is 310 Å². The summed E-state index contributed by atoms with van der Waals surface area (Å²) in [5, 5.41) is 29.4. The van der Waals surface area contributed by atoms with E-state index >= 15 is 0 Å². The number of amides is 3. The van der Waals surface area contributed by atoms with E-state index in [1.165, 1.54) is 106 Å². The fraction of sp³-hybridized carbons (Fsp3) is 0.261. The quantitative estimate of drug-likeness (QED) is 0.00222. The number of guanidine groups is 1. The summed E-state index contributed by atoms with van der Waals surface area (Å²) in [6.07, 6.45) is 1.70. The van der Waals surface area contributed by atoms with E-state index in [0.29, 0.717) is 78.6 Å². The normalized spacial score (nSPS) is 10.9. The molecule has 48 heteroatoms. The Morgan fingerprint density at radius 3 is 1.35 bits per heavy atom. The molecule has 30 nitrogen and oxygen atoms in total. The summed E-state index contributed by atoms with van der Waals surface area (Å²) in [4.78, 5) is 117. The number of aliphatic hydroxyl groups is 1. The Morgan fingerprint density at radius 1 is 0.588 bits per heavy atom. The predicted octanol–water partition coefficient (Wildman–Crippen LogP) is 16.3. The molecule has 10 aromatic rings. The maximum Gasteiger partial charge on any atom is 2.00 e. The predicted molar refractivity (Wildman–Crippen MR) is 526 cm³/mol. The van der Waals surface area contributed by atoms with Crippen molar-refractivity contribution >= 4 is 233 Å². The number of carboxylic acids is 1. The summed E-state index contributed by atoms with van der Waals surface area (Å²) in [6.45, 7) is 12.7. The van der Waals surface area contributed by atoms with E-state index in [4.69, 9.17) is 69.2 Å². The van der Waals surface area contributed by atoms with Gasteiger partial charge < -0.3 is 81.6 Å². The van der Waals surface area contributed by atoms with Gasteiger partial charge >= 0.3 is 29.0 Å². The van der Waals surface area contributed by atoms with Crippen molar-refractivity contribution in [2.45, 2.75) is 92.6 Å². The van der Waals surface area contributed by atoms with Crippen molar-refractivity contribution in [2.24, 2.45) is 22.4 Å². The van der Waals surface area contributed by atoms with Crippen molar-refractivity contribution < 1.29 is 130 Å². The zero-order valence-corrected chi connectivity index (χ0v) is 88.5. The number of alkyl halides is 1. The van der Waals surface area contributed by atoms with E-state index < -0.39 is 76.3 Å². The Kier molecular flexibility index (Phi) is 72.6. The molecule has 2 atom stereocenters. The van der Waals surface area contributed by atoms with Gasteiger partial charge in [0, 0.05) is 105 Å². The molecule has 3 heterocycles. The monoisotopic (exact) mass is 2420 g/mol. The van der Waals surface area contributed by atoms with Crippen LogP contribution in [0.4, 0.5) is 36.7 Å². The number of carbonyl (C=O) groups is 9. The van der Waals surface area contributed by atoms with Crippen LogP contribution in [0.25, 0.3) is 22.2 Å². The first-order valence-electron chi connectivity index (χ1n) is 37.9. The van der Waals surface area contributed by atoms with Crippen LogP contribution in [0.1, 0.15) is 130 Å². The number of rotatable bonds is 25. The van der Waals surface area contributed by atoms with Crippen LogP contribution in [0.5, 0.6) is 0 Å². The third-order valence-electron chi connectivity index (χ3n) is 15.6. The average Bonchev–Trinajstić information content (AvgIpc) is 1.62. The fourth-order valence-corrected chi connectivity index (χ4v) is 11.3. The first-order valence-corrected chi connectivity index (χ1v) is 44.2. The van der Waals surface area contributed by atoms with Gasteiger partial charge in [0.2, 0.25) is 41.6 Å². The van der Waals surface area contributed by atoms with Crippen molar-refractivity contribution in [3.05, 3.63) is 289 Å². The second-order valence-corrected chi connectivity index (χ2v) is 31.6. The van der Waals surface area contributed by atoms with Crippen molar-refractivity contribution in [3.63, 3.8) is 0 Å². The number of nitrogens with one attached hydrogen (secondary N) is 1. The van der Waals surface area contributed by atoms with Crippen molar-refractivity contribution in [1.29, 1.82) is 0 Å². The number of ether oxygens (including phenoxy) is 5. The van der Waals surface area contributed by atoms with Gasteiger partial charge in [0.1, 0.15) is 46.4 Å². The average molecular weight is 2430 g/mol. The number of hydroxylamine groups is 3. The molecule has 1 saturated heterocycles. The number of imide groups is 1. The molecule has 0 aliphatic carbocycles. The van der Waals surface area contributed by atoms with Crippen LogP contribution >= 0.6 is 135 Å². The first kappa shape index (κ1) is 134. The van der Waals surface area contributed by atoms with Gasteiger partial charge in [-0.1, -0.05) is 31.7 Å². The zero-order chi connectivity index (χ0) is 100.